The molecule has 0 radical (unpaired) electrons. The van der Waals surface area contributed by atoms with Gasteiger partial charge < -0.3 is 20.0 Å². The van der Waals surface area contributed by atoms with Crippen LogP contribution in [0, 0.1) is 0 Å². The maximum absolute atomic E-state index is 13.7. The van der Waals surface area contributed by atoms with Crippen LogP contribution >= 0.6 is 11.8 Å². The number of anilines is 3. The molecule has 44 heavy (non-hydrogen) atoms. The van der Waals surface area contributed by atoms with Gasteiger partial charge in [-0.05, 0) is 56.5 Å². The van der Waals surface area contributed by atoms with Crippen LogP contribution in [0.2, 0.25) is 0 Å². The predicted octanol–water partition coefficient (Wildman–Crippen LogP) is 2.21. The van der Waals surface area contributed by atoms with E-state index in [4.69, 9.17) is 4.98 Å². The van der Waals surface area contributed by atoms with Crippen molar-refractivity contribution in [2.24, 2.45) is 0 Å². The molecule has 0 saturated carbocycles. The van der Waals surface area contributed by atoms with Crippen molar-refractivity contribution in [3.63, 3.8) is 0 Å². The first-order valence-corrected chi connectivity index (χ1v) is 17.5. The van der Waals surface area contributed by atoms with E-state index in [-0.39, 0.29) is 24.5 Å². The van der Waals surface area contributed by atoms with Crippen molar-refractivity contribution in [1.29, 1.82) is 0 Å². The number of piperazine rings is 2. The van der Waals surface area contributed by atoms with Crippen LogP contribution < -0.4 is 10.2 Å². The van der Waals surface area contributed by atoms with Crippen LogP contribution in [0.5, 0.6) is 0 Å². The summed E-state index contributed by atoms with van der Waals surface area (Å²) in [5.41, 5.74) is 2.30. The van der Waals surface area contributed by atoms with Crippen LogP contribution in [0.3, 0.4) is 0 Å². The van der Waals surface area contributed by atoms with Crippen molar-refractivity contribution in [3.8, 4) is 0 Å². The van der Waals surface area contributed by atoms with Crippen molar-refractivity contribution in [2.75, 3.05) is 62.8 Å². The summed E-state index contributed by atoms with van der Waals surface area (Å²) >= 11 is 1.54. The van der Waals surface area contributed by atoms with Gasteiger partial charge in [0.25, 0.3) is 0 Å². The molecular weight excluding hydrogens is 601 g/mol. The number of carbonyl (C=O) groups excluding carboxylic acids is 1. The number of carbonyl (C=O) groups is 1. The molecule has 1 N–H and O–H groups in total. The monoisotopic (exact) mass is 636 g/mol. The lowest BCUT2D eigenvalue weighted by atomic mass is 10.2. The van der Waals surface area contributed by atoms with E-state index >= 15 is 0 Å². The molecule has 2 bridgehead atoms. The fourth-order valence-corrected chi connectivity index (χ4v) is 8.90. The van der Waals surface area contributed by atoms with Gasteiger partial charge in [-0.2, -0.15) is 14.4 Å². The second-order valence-corrected chi connectivity index (χ2v) is 14.4. The SMILES string of the molecule is CSc1cccc(S(=O)(=O)N2C3CCC2CN(c2cccn4nc(Nc5cnn(CC(=O)N6CCN(C)CC6)c5)nc24)C3)c1. The van der Waals surface area contributed by atoms with E-state index in [1.54, 1.807) is 49.8 Å². The van der Waals surface area contributed by atoms with Crippen LogP contribution in [0.15, 0.2) is 64.8 Å². The molecule has 2 unspecified atom stereocenters. The van der Waals surface area contributed by atoms with Crippen LogP contribution in [0.25, 0.3) is 5.65 Å². The number of rotatable bonds is 8. The summed E-state index contributed by atoms with van der Waals surface area (Å²) in [4.78, 5) is 25.1. The Morgan fingerprint density at radius 3 is 2.59 bits per heavy atom. The highest BCUT2D eigenvalue weighted by atomic mass is 32.2. The molecule has 0 aliphatic carbocycles. The van der Waals surface area contributed by atoms with Gasteiger partial charge >= 0.3 is 0 Å². The van der Waals surface area contributed by atoms with Crippen LogP contribution in [0.1, 0.15) is 12.8 Å². The first-order chi connectivity index (χ1) is 21.3. The Labute approximate surface area is 260 Å². The molecule has 2 atom stereocenters. The minimum absolute atomic E-state index is 0.0543. The molecule has 3 aliphatic heterocycles. The quantitative estimate of drug-likeness (QED) is 0.288. The van der Waals surface area contributed by atoms with Crippen molar-refractivity contribution in [3.05, 3.63) is 55.0 Å². The summed E-state index contributed by atoms with van der Waals surface area (Å²) in [6, 6.07) is 10.9. The fraction of sp³-hybridized carbons (Fsp3) is 0.448. The summed E-state index contributed by atoms with van der Waals surface area (Å²) in [6.07, 6.45) is 8.90. The zero-order chi connectivity index (χ0) is 30.4. The molecule has 7 rings (SSSR count). The number of benzene rings is 1. The van der Waals surface area contributed by atoms with Gasteiger partial charge in [0.1, 0.15) is 6.54 Å². The molecule has 1 amide bonds. The van der Waals surface area contributed by atoms with Gasteiger partial charge in [0.05, 0.1) is 22.5 Å². The number of amides is 1. The van der Waals surface area contributed by atoms with Gasteiger partial charge in [0.2, 0.25) is 21.9 Å². The van der Waals surface area contributed by atoms with E-state index < -0.39 is 10.0 Å². The average Bonchev–Trinajstić information content (AvgIpc) is 3.72. The third-order valence-corrected chi connectivity index (χ3v) is 11.5. The van der Waals surface area contributed by atoms with Gasteiger partial charge in [0, 0.05) is 68.6 Å². The van der Waals surface area contributed by atoms with Gasteiger partial charge in [-0.1, -0.05) is 6.07 Å². The van der Waals surface area contributed by atoms with Gasteiger partial charge in [-0.15, -0.1) is 16.9 Å². The van der Waals surface area contributed by atoms with Crippen molar-refractivity contribution in [2.45, 2.75) is 41.3 Å². The van der Waals surface area contributed by atoms with E-state index in [1.165, 1.54) is 0 Å². The van der Waals surface area contributed by atoms with Gasteiger partial charge in [-0.3, -0.25) is 9.48 Å². The first-order valence-electron chi connectivity index (χ1n) is 14.8. The molecule has 3 aromatic heterocycles. The fourth-order valence-electron chi connectivity index (χ4n) is 6.47. The number of pyridine rings is 1. The summed E-state index contributed by atoms with van der Waals surface area (Å²) < 4.78 is 32.6. The third kappa shape index (κ3) is 5.53. The normalized spacial score (nSPS) is 21.3. The number of nitrogens with one attached hydrogen (secondary N) is 1. The van der Waals surface area contributed by atoms with Gasteiger partial charge in [-0.25, -0.2) is 12.9 Å². The van der Waals surface area contributed by atoms with E-state index in [2.05, 4.69) is 32.4 Å². The zero-order valence-electron chi connectivity index (χ0n) is 24.8. The maximum atomic E-state index is 13.7. The lowest BCUT2D eigenvalue weighted by Gasteiger charge is -2.41. The highest BCUT2D eigenvalue weighted by molar-refractivity contribution is 7.98. The lowest BCUT2D eigenvalue weighted by Crippen LogP contribution is -2.55. The number of likely N-dealkylation sites (N-methyl/N-ethyl adjacent to an activating group) is 1. The minimum atomic E-state index is -3.61. The van der Waals surface area contributed by atoms with E-state index in [0.29, 0.717) is 35.3 Å². The maximum Gasteiger partial charge on any atom is 0.247 e. The summed E-state index contributed by atoms with van der Waals surface area (Å²) in [5.74, 6) is 0.471. The third-order valence-electron chi connectivity index (χ3n) is 8.76. The van der Waals surface area contributed by atoms with E-state index in [0.717, 1.165) is 49.6 Å². The number of fused-ring (bicyclic) bond motifs is 3. The molecule has 3 fully saturated rings. The zero-order valence-corrected chi connectivity index (χ0v) is 26.4. The number of nitrogens with zero attached hydrogens (tertiary/aromatic N) is 9. The molecule has 1 aromatic carbocycles. The van der Waals surface area contributed by atoms with Crippen LogP contribution in [0.4, 0.5) is 17.3 Å². The molecule has 232 valence electrons. The number of hydrogen-bond donors (Lipinski definition) is 1. The molecule has 4 aromatic rings. The molecule has 13 nitrogen and oxygen atoms in total. The summed E-state index contributed by atoms with van der Waals surface area (Å²) in [6.45, 7) is 4.56. The largest absolute Gasteiger partial charge is 0.365 e. The van der Waals surface area contributed by atoms with Crippen molar-refractivity contribution < 1.29 is 13.2 Å². The lowest BCUT2D eigenvalue weighted by molar-refractivity contribution is -0.133. The Hall–Kier alpha value is -3.66. The smallest absolute Gasteiger partial charge is 0.247 e. The van der Waals surface area contributed by atoms with Gasteiger partial charge in [0.15, 0.2) is 5.65 Å². The number of sulfonamides is 1. The Balaban J connectivity index is 1.05. The van der Waals surface area contributed by atoms with Crippen LogP contribution in [-0.2, 0) is 21.4 Å². The highest BCUT2D eigenvalue weighted by Crippen LogP contribution is 2.38. The number of aromatic nitrogens is 5. The number of thioether (sulfide) groups is 1. The molecule has 3 aliphatic rings. The molecule has 3 saturated heterocycles. The van der Waals surface area contributed by atoms with Crippen molar-refractivity contribution >= 4 is 50.7 Å². The number of hydrogen-bond acceptors (Lipinski definition) is 10. The predicted molar refractivity (Wildman–Crippen MR) is 169 cm³/mol. The van der Waals surface area contributed by atoms with Crippen molar-refractivity contribution in [1.82, 2.24) is 38.5 Å². The van der Waals surface area contributed by atoms with Crippen LogP contribution in [-0.4, -0.2) is 117 Å². The average molecular weight is 637 g/mol. The van der Waals surface area contributed by atoms with E-state index in [1.807, 2.05) is 41.6 Å². The van der Waals surface area contributed by atoms with E-state index in [9.17, 15) is 13.2 Å². The topological polar surface area (TPSA) is 124 Å². The Kier molecular flexibility index (Phi) is 7.72. The second kappa shape index (κ2) is 11.7. The minimum Gasteiger partial charge on any atom is -0.365 e. The first kappa shape index (κ1) is 29.1. The summed E-state index contributed by atoms with van der Waals surface area (Å²) in [5, 5.41) is 12.2. The molecular formula is C29H36N10O3S2. The Morgan fingerprint density at radius 1 is 1.07 bits per heavy atom. The molecule has 6 heterocycles. The highest BCUT2D eigenvalue weighted by Gasteiger charge is 2.47. The molecule has 0 spiro atoms. The Morgan fingerprint density at radius 2 is 1.84 bits per heavy atom. The Bertz CT molecular complexity index is 1770. The standard InChI is InChI=1S/C29H36N10O3S2/c1-34-11-13-35(14-12-34)27(40)20-37-17-21(16-30-37)31-29-32-28-26(7-4-10-38(28)33-29)36-18-22-8-9-23(19-36)39(22)44(41,42)25-6-3-5-24(15-25)43-2/h3-7,10,15-17,22-23H,8-9,11-14,18-20H2,1-2H3,(H,31,33). The second-order valence-electron chi connectivity index (χ2n) is 11.6. The molecule has 15 heteroatoms. The summed E-state index contributed by atoms with van der Waals surface area (Å²) in [7, 11) is -1.54.